The van der Waals surface area contributed by atoms with Crippen molar-refractivity contribution < 1.29 is 0 Å². The van der Waals surface area contributed by atoms with E-state index in [0.29, 0.717) is 0 Å². The molecule has 0 rings (SSSR count). The average molecular weight is 258 g/mol. The standard InChI is InChI=1S/C14H30N2S/c1-12(2)8-6-10-15-14(17)16(5)11-7-9-13(3)4/h12-13H,6-11H2,1-5H3,(H,15,17). The third-order valence-electron chi connectivity index (χ3n) is 2.86. The molecule has 0 spiro atoms. The van der Waals surface area contributed by atoms with Crippen molar-refractivity contribution in [1.82, 2.24) is 10.2 Å². The zero-order valence-electron chi connectivity index (χ0n) is 12.3. The monoisotopic (exact) mass is 258 g/mol. The van der Waals surface area contributed by atoms with E-state index in [9.17, 15) is 0 Å². The fraction of sp³-hybridized carbons (Fsp3) is 0.929. The van der Waals surface area contributed by atoms with Crippen molar-refractivity contribution in [1.29, 1.82) is 0 Å². The maximum atomic E-state index is 5.35. The molecule has 0 atom stereocenters. The van der Waals surface area contributed by atoms with Crippen molar-refractivity contribution in [2.24, 2.45) is 11.8 Å². The molecule has 102 valence electrons. The summed E-state index contributed by atoms with van der Waals surface area (Å²) >= 11 is 5.35. The van der Waals surface area contributed by atoms with Crippen LogP contribution in [0.15, 0.2) is 0 Å². The van der Waals surface area contributed by atoms with Gasteiger partial charge in [-0.25, -0.2) is 0 Å². The molecule has 2 nitrogen and oxygen atoms in total. The van der Waals surface area contributed by atoms with Crippen LogP contribution >= 0.6 is 12.2 Å². The molecule has 17 heavy (non-hydrogen) atoms. The third kappa shape index (κ3) is 10.6. The SMILES string of the molecule is CC(C)CCCNC(=S)N(C)CCCC(C)C. The molecule has 0 aliphatic carbocycles. The quantitative estimate of drug-likeness (QED) is 0.528. The maximum Gasteiger partial charge on any atom is 0.168 e. The fourth-order valence-corrected chi connectivity index (χ4v) is 1.87. The lowest BCUT2D eigenvalue weighted by Crippen LogP contribution is -2.38. The highest BCUT2D eigenvalue weighted by molar-refractivity contribution is 7.80. The molecular formula is C14H30N2S. The van der Waals surface area contributed by atoms with Crippen LogP contribution in [0, 0.1) is 11.8 Å². The molecule has 0 aliphatic rings. The summed E-state index contributed by atoms with van der Waals surface area (Å²) in [6.07, 6.45) is 4.98. The number of thiocarbonyl (C=S) groups is 1. The predicted molar refractivity (Wildman–Crippen MR) is 81.4 cm³/mol. The summed E-state index contributed by atoms with van der Waals surface area (Å²) in [5.74, 6) is 1.57. The molecule has 0 bridgehead atoms. The van der Waals surface area contributed by atoms with E-state index in [0.717, 1.165) is 30.0 Å². The van der Waals surface area contributed by atoms with Gasteiger partial charge in [0.15, 0.2) is 5.11 Å². The number of hydrogen-bond acceptors (Lipinski definition) is 1. The van der Waals surface area contributed by atoms with Gasteiger partial charge in [0.05, 0.1) is 0 Å². The summed E-state index contributed by atoms with van der Waals surface area (Å²) in [6, 6.07) is 0. The summed E-state index contributed by atoms with van der Waals surface area (Å²) < 4.78 is 0. The van der Waals surface area contributed by atoms with Crippen LogP contribution in [0.2, 0.25) is 0 Å². The Bertz CT molecular complexity index is 202. The van der Waals surface area contributed by atoms with Gasteiger partial charge in [-0.3, -0.25) is 0 Å². The Hall–Kier alpha value is -0.310. The van der Waals surface area contributed by atoms with E-state index in [1.165, 1.54) is 25.7 Å². The topological polar surface area (TPSA) is 15.3 Å². The highest BCUT2D eigenvalue weighted by Gasteiger charge is 2.04. The van der Waals surface area contributed by atoms with E-state index in [4.69, 9.17) is 12.2 Å². The molecule has 0 fully saturated rings. The molecule has 0 aromatic carbocycles. The van der Waals surface area contributed by atoms with E-state index in [1.54, 1.807) is 0 Å². The van der Waals surface area contributed by atoms with Crippen molar-refractivity contribution >= 4 is 17.3 Å². The second-order valence-corrected chi connectivity index (χ2v) is 6.11. The Balaban J connectivity index is 3.53. The molecule has 0 heterocycles. The van der Waals surface area contributed by atoms with Gasteiger partial charge in [-0.2, -0.15) is 0 Å². The Morgan fingerprint density at radius 1 is 1.06 bits per heavy atom. The summed E-state index contributed by atoms with van der Waals surface area (Å²) in [5, 5.41) is 4.23. The normalized spacial score (nSPS) is 11.0. The average Bonchev–Trinajstić information content (AvgIpc) is 2.23. The van der Waals surface area contributed by atoms with Crippen molar-refractivity contribution in [3.8, 4) is 0 Å². The first kappa shape index (κ1) is 16.7. The predicted octanol–water partition coefficient (Wildman–Crippen LogP) is 3.67. The molecule has 0 radical (unpaired) electrons. The Labute approximate surface area is 113 Å². The van der Waals surface area contributed by atoms with Crippen molar-refractivity contribution in [3.05, 3.63) is 0 Å². The lowest BCUT2D eigenvalue weighted by molar-refractivity contribution is 0.437. The fourth-order valence-electron chi connectivity index (χ4n) is 1.68. The van der Waals surface area contributed by atoms with Gasteiger partial charge in [-0.15, -0.1) is 0 Å². The number of hydrogen-bond donors (Lipinski definition) is 1. The second-order valence-electron chi connectivity index (χ2n) is 5.73. The van der Waals surface area contributed by atoms with Gasteiger partial charge in [-0.05, 0) is 49.7 Å². The Morgan fingerprint density at radius 3 is 2.12 bits per heavy atom. The molecule has 0 saturated heterocycles. The molecular weight excluding hydrogens is 228 g/mol. The number of rotatable bonds is 8. The molecule has 1 N–H and O–H groups in total. The van der Waals surface area contributed by atoms with Crippen LogP contribution in [0.3, 0.4) is 0 Å². The van der Waals surface area contributed by atoms with Crippen LogP contribution in [-0.2, 0) is 0 Å². The molecule has 0 aliphatic heterocycles. The van der Waals surface area contributed by atoms with Crippen LogP contribution in [0.25, 0.3) is 0 Å². The van der Waals surface area contributed by atoms with E-state index in [2.05, 4.69) is 45.0 Å². The summed E-state index contributed by atoms with van der Waals surface area (Å²) in [7, 11) is 2.08. The first-order valence-corrected chi connectivity index (χ1v) is 7.33. The van der Waals surface area contributed by atoms with Gasteiger partial charge in [0.25, 0.3) is 0 Å². The minimum atomic E-state index is 0.786. The second kappa shape index (κ2) is 9.69. The highest BCUT2D eigenvalue weighted by Crippen LogP contribution is 2.04. The molecule has 3 heteroatoms. The Morgan fingerprint density at radius 2 is 1.59 bits per heavy atom. The van der Waals surface area contributed by atoms with Gasteiger partial charge in [0, 0.05) is 20.1 Å². The van der Waals surface area contributed by atoms with E-state index >= 15 is 0 Å². The minimum Gasteiger partial charge on any atom is -0.363 e. The third-order valence-corrected chi connectivity index (χ3v) is 3.31. The molecule has 0 amide bonds. The van der Waals surface area contributed by atoms with Gasteiger partial charge >= 0.3 is 0 Å². The molecule has 0 aromatic heterocycles. The molecule has 0 unspecified atom stereocenters. The van der Waals surface area contributed by atoms with Crippen LogP contribution in [0.1, 0.15) is 53.4 Å². The van der Waals surface area contributed by atoms with Crippen molar-refractivity contribution in [3.63, 3.8) is 0 Å². The van der Waals surface area contributed by atoms with Crippen LogP contribution in [0.5, 0.6) is 0 Å². The number of nitrogens with one attached hydrogen (secondary N) is 1. The lowest BCUT2D eigenvalue weighted by atomic mass is 10.1. The van der Waals surface area contributed by atoms with Crippen LogP contribution < -0.4 is 5.32 Å². The van der Waals surface area contributed by atoms with E-state index in [-0.39, 0.29) is 0 Å². The van der Waals surface area contributed by atoms with Gasteiger partial charge in [-0.1, -0.05) is 27.7 Å². The highest BCUT2D eigenvalue weighted by atomic mass is 32.1. The minimum absolute atomic E-state index is 0.786. The zero-order chi connectivity index (χ0) is 13.3. The molecule has 0 aromatic rings. The van der Waals surface area contributed by atoms with Gasteiger partial charge in [0.1, 0.15) is 0 Å². The van der Waals surface area contributed by atoms with Crippen molar-refractivity contribution in [2.45, 2.75) is 53.4 Å². The largest absolute Gasteiger partial charge is 0.363 e. The maximum absolute atomic E-state index is 5.35. The summed E-state index contributed by atoms with van der Waals surface area (Å²) in [6.45, 7) is 11.1. The first-order chi connectivity index (χ1) is 7.93. The van der Waals surface area contributed by atoms with Crippen LogP contribution in [0.4, 0.5) is 0 Å². The summed E-state index contributed by atoms with van der Waals surface area (Å²) in [4.78, 5) is 2.16. The van der Waals surface area contributed by atoms with Gasteiger partial charge < -0.3 is 10.2 Å². The zero-order valence-corrected chi connectivity index (χ0v) is 13.1. The molecule has 0 saturated carbocycles. The Kier molecular flexibility index (Phi) is 9.52. The number of nitrogens with zero attached hydrogens (tertiary/aromatic N) is 1. The van der Waals surface area contributed by atoms with E-state index < -0.39 is 0 Å². The van der Waals surface area contributed by atoms with E-state index in [1.807, 2.05) is 0 Å². The van der Waals surface area contributed by atoms with Crippen molar-refractivity contribution in [2.75, 3.05) is 20.1 Å². The summed E-state index contributed by atoms with van der Waals surface area (Å²) in [5.41, 5.74) is 0. The first-order valence-electron chi connectivity index (χ1n) is 6.92. The van der Waals surface area contributed by atoms with Gasteiger partial charge in [0.2, 0.25) is 0 Å². The smallest absolute Gasteiger partial charge is 0.168 e. The van der Waals surface area contributed by atoms with Crippen LogP contribution in [-0.4, -0.2) is 30.1 Å². The lowest BCUT2D eigenvalue weighted by Gasteiger charge is -2.21.